The fourth-order valence-electron chi connectivity index (χ4n) is 2.60. The van der Waals surface area contributed by atoms with Crippen molar-refractivity contribution >= 4 is 10.8 Å². The summed E-state index contributed by atoms with van der Waals surface area (Å²) in [5.74, 6) is 1.55. The quantitative estimate of drug-likeness (QED) is 0.892. The van der Waals surface area contributed by atoms with Crippen molar-refractivity contribution in [1.29, 1.82) is 0 Å². The lowest BCUT2D eigenvalue weighted by Gasteiger charge is -2.39. The predicted octanol–water partition coefficient (Wildman–Crippen LogP) is 1.79. The van der Waals surface area contributed by atoms with Crippen molar-refractivity contribution in [1.82, 2.24) is 10.2 Å². The van der Waals surface area contributed by atoms with Gasteiger partial charge >= 0.3 is 0 Å². The average molecular weight is 280 g/mol. The van der Waals surface area contributed by atoms with Crippen LogP contribution in [0.15, 0.2) is 30.3 Å². The van der Waals surface area contributed by atoms with E-state index in [2.05, 4.69) is 47.5 Å². The minimum atomic E-state index is -0.673. The zero-order chi connectivity index (χ0) is 13.7. The van der Waals surface area contributed by atoms with E-state index < -0.39 is 10.8 Å². The number of piperazine rings is 1. The van der Waals surface area contributed by atoms with E-state index in [4.69, 9.17) is 0 Å². The lowest BCUT2D eigenvalue weighted by Crippen LogP contribution is -2.51. The second-order valence-electron chi connectivity index (χ2n) is 5.16. The molecule has 0 aromatic heterocycles. The minimum Gasteiger partial charge on any atom is -0.311 e. The summed E-state index contributed by atoms with van der Waals surface area (Å²) >= 11 is 0. The minimum absolute atomic E-state index is 0.409. The Morgan fingerprint density at radius 1 is 1.37 bits per heavy atom. The monoisotopic (exact) mass is 280 g/mol. The Kier molecular flexibility index (Phi) is 5.55. The number of hydrogen-bond acceptors (Lipinski definition) is 3. The van der Waals surface area contributed by atoms with Gasteiger partial charge in [-0.15, -0.1) is 0 Å². The molecule has 3 nitrogen and oxygen atoms in total. The Morgan fingerprint density at radius 2 is 2.11 bits per heavy atom. The molecule has 0 spiro atoms. The third kappa shape index (κ3) is 4.13. The highest BCUT2D eigenvalue weighted by Crippen LogP contribution is 2.23. The van der Waals surface area contributed by atoms with Crippen LogP contribution in [-0.4, -0.2) is 46.3 Å². The summed E-state index contributed by atoms with van der Waals surface area (Å²) in [6.07, 6.45) is 0. The van der Waals surface area contributed by atoms with E-state index in [-0.39, 0.29) is 0 Å². The van der Waals surface area contributed by atoms with Crippen LogP contribution in [0.1, 0.15) is 25.5 Å². The highest BCUT2D eigenvalue weighted by molar-refractivity contribution is 7.84. The molecule has 1 aliphatic heterocycles. The second kappa shape index (κ2) is 7.17. The first-order valence-electron chi connectivity index (χ1n) is 7.08. The molecule has 2 rings (SSSR count). The molecule has 1 saturated heterocycles. The summed E-state index contributed by atoms with van der Waals surface area (Å²) in [4.78, 5) is 2.48. The maximum Gasteiger partial charge on any atom is 0.0473 e. The SMILES string of the molecule is CCS(=O)CCN1CC(C)NCC1c1ccccc1. The van der Waals surface area contributed by atoms with Gasteiger partial charge in [0.25, 0.3) is 0 Å². The van der Waals surface area contributed by atoms with Crippen molar-refractivity contribution < 1.29 is 4.21 Å². The van der Waals surface area contributed by atoms with Gasteiger partial charge in [-0.05, 0) is 12.5 Å². The molecule has 1 aromatic rings. The van der Waals surface area contributed by atoms with Crippen LogP contribution in [0.3, 0.4) is 0 Å². The van der Waals surface area contributed by atoms with Crippen molar-refractivity contribution in [3.8, 4) is 0 Å². The Labute approximate surface area is 118 Å². The molecule has 1 fully saturated rings. The van der Waals surface area contributed by atoms with Crippen molar-refractivity contribution in [3.05, 3.63) is 35.9 Å². The largest absolute Gasteiger partial charge is 0.311 e. The third-order valence-corrected chi connectivity index (χ3v) is 5.00. The highest BCUT2D eigenvalue weighted by atomic mass is 32.2. The molecule has 106 valence electrons. The van der Waals surface area contributed by atoms with Crippen molar-refractivity contribution in [2.24, 2.45) is 0 Å². The zero-order valence-electron chi connectivity index (χ0n) is 11.8. The molecule has 1 N–H and O–H groups in total. The van der Waals surface area contributed by atoms with E-state index in [1.54, 1.807) is 0 Å². The third-order valence-electron chi connectivity index (χ3n) is 3.72. The van der Waals surface area contributed by atoms with Gasteiger partial charge in [-0.2, -0.15) is 0 Å². The Morgan fingerprint density at radius 3 is 2.79 bits per heavy atom. The lowest BCUT2D eigenvalue weighted by molar-refractivity contribution is 0.144. The summed E-state index contributed by atoms with van der Waals surface area (Å²) < 4.78 is 11.6. The maximum atomic E-state index is 11.6. The smallest absolute Gasteiger partial charge is 0.0473 e. The van der Waals surface area contributed by atoms with Crippen LogP contribution in [-0.2, 0) is 10.8 Å². The van der Waals surface area contributed by atoms with E-state index in [0.29, 0.717) is 12.1 Å². The normalized spacial score (nSPS) is 26.2. The van der Waals surface area contributed by atoms with E-state index in [0.717, 1.165) is 31.1 Å². The van der Waals surface area contributed by atoms with Gasteiger partial charge in [-0.3, -0.25) is 9.11 Å². The fourth-order valence-corrected chi connectivity index (χ4v) is 3.33. The van der Waals surface area contributed by atoms with Crippen molar-refractivity contribution in [2.45, 2.75) is 25.9 Å². The second-order valence-corrected chi connectivity index (χ2v) is 7.03. The van der Waals surface area contributed by atoms with Gasteiger partial charge in [-0.1, -0.05) is 37.3 Å². The van der Waals surface area contributed by atoms with Crippen LogP contribution in [0.25, 0.3) is 0 Å². The summed E-state index contributed by atoms with van der Waals surface area (Å²) in [6.45, 7) is 7.13. The first-order chi connectivity index (χ1) is 9.20. The molecular formula is C15H24N2OS. The van der Waals surface area contributed by atoms with Crippen molar-refractivity contribution in [3.63, 3.8) is 0 Å². The van der Waals surface area contributed by atoms with Gasteiger partial charge in [0.15, 0.2) is 0 Å². The standard InChI is InChI=1S/C15H24N2OS/c1-3-19(18)10-9-17-12-13(2)16-11-15(17)14-7-5-4-6-8-14/h4-8,13,15-16H,3,9-12H2,1-2H3. The molecule has 0 saturated carbocycles. The fraction of sp³-hybridized carbons (Fsp3) is 0.600. The molecule has 4 heteroatoms. The molecule has 1 heterocycles. The van der Waals surface area contributed by atoms with Crippen LogP contribution < -0.4 is 5.32 Å². The Balaban J connectivity index is 2.04. The van der Waals surface area contributed by atoms with E-state index in [1.165, 1.54) is 5.56 Å². The number of rotatable bonds is 5. The van der Waals surface area contributed by atoms with E-state index in [9.17, 15) is 4.21 Å². The number of benzene rings is 1. The summed E-state index contributed by atoms with van der Waals surface area (Å²) in [7, 11) is -0.673. The van der Waals surface area contributed by atoms with E-state index >= 15 is 0 Å². The zero-order valence-corrected chi connectivity index (χ0v) is 12.7. The molecule has 1 aliphatic rings. The van der Waals surface area contributed by atoms with Crippen LogP contribution in [0, 0.1) is 0 Å². The number of nitrogens with zero attached hydrogens (tertiary/aromatic N) is 1. The van der Waals surface area contributed by atoms with Gasteiger partial charge in [-0.25, -0.2) is 0 Å². The van der Waals surface area contributed by atoms with Gasteiger partial charge < -0.3 is 5.32 Å². The summed E-state index contributed by atoms with van der Waals surface area (Å²) in [5.41, 5.74) is 1.35. The van der Waals surface area contributed by atoms with Gasteiger partial charge in [0.2, 0.25) is 0 Å². The number of hydrogen-bond donors (Lipinski definition) is 1. The lowest BCUT2D eigenvalue weighted by atomic mass is 10.0. The number of nitrogens with one attached hydrogen (secondary N) is 1. The van der Waals surface area contributed by atoms with Gasteiger partial charge in [0, 0.05) is 54.0 Å². The maximum absolute atomic E-state index is 11.6. The first-order valence-corrected chi connectivity index (χ1v) is 8.57. The molecule has 1 aromatic carbocycles. The Hall–Kier alpha value is -0.710. The predicted molar refractivity (Wildman–Crippen MR) is 81.8 cm³/mol. The first kappa shape index (κ1) is 14.7. The summed E-state index contributed by atoms with van der Waals surface area (Å²) in [6, 6.07) is 11.5. The van der Waals surface area contributed by atoms with Gasteiger partial charge in [0.1, 0.15) is 0 Å². The molecule has 0 bridgehead atoms. The highest BCUT2D eigenvalue weighted by Gasteiger charge is 2.26. The van der Waals surface area contributed by atoms with Crippen LogP contribution >= 0.6 is 0 Å². The van der Waals surface area contributed by atoms with Gasteiger partial charge in [0.05, 0.1) is 0 Å². The molecular weight excluding hydrogens is 256 g/mol. The molecule has 0 amide bonds. The topological polar surface area (TPSA) is 32.3 Å². The molecule has 3 atom stereocenters. The molecule has 19 heavy (non-hydrogen) atoms. The summed E-state index contributed by atoms with van der Waals surface area (Å²) in [5, 5.41) is 3.54. The van der Waals surface area contributed by atoms with Crippen LogP contribution in [0.2, 0.25) is 0 Å². The van der Waals surface area contributed by atoms with E-state index in [1.807, 2.05) is 6.92 Å². The molecule has 3 unspecified atom stereocenters. The van der Waals surface area contributed by atoms with Crippen LogP contribution in [0.4, 0.5) is 0 Å². The Bertz CT molecular complexity index is 410. The van der Waals surface area contributed by atoms with Crippen molar-refractivity contribution in [2.75, 3.05) is 31.1 Å². The van der Waals surface area contributed by atoms with Crippen LogP contribution in [0.5, 0.6) is 0 Å². The molecule has 0 aliphatic carbocycles. The average Bonchev–Trinajstić information content (AvgIpc) is 2.45. The molecule has 0 radical (unpaired) electrons.